The molecule has 1 fully saturated rings. The summed E-state index contributed by atoms with van der Waals surface area (Å²) in [7, 11) is 0. The van der Waals surface area contributed by atoms with Crippen LogP contribution in [-0.2, 0) is 14.3 Å². The Hall–Kier alpha value is -3.42. The minimum Gasteiger partial charge on any atom is -0.452 e. The number of carbonyl (C=O) groups is 3. The molecule has 8 heteroatoms. The molecule has 0 aliphatic heterocycles. The van der Waals surface area contributed by atoms with Crippen molar-refractivity contribution in [2.75, 3.05) is 6.61 Å². The molecule has 0 radical (unpaired) electrons. The average molecular weight is 410 g/mol. The fourth-order valence-electron chi connectivity index (χ4n) is 3.51. The quantitative estimate of drug-likeness (QED) is 0.563. The highest BCUT2D eigenvalue weighted by Gasteiger charge is 2.18. The van der Waals surface area contributed by atoms with Crippen LogP contribution in [0.3, 0.4) is 0 Å². The first-order valence-corrected chi connectivity index (χ1v) is 10.0. The topological polar surface area (TPSA) is 102 Å². The van der Waals surface area contributed by atoms with E-state index < -0.39 is 24.5 Å². The number of para-hydroxylation sites is 1. The first-order valence-electron chi connectivity index (χ1n) is 10.0. The highest BCUT2D eigenvalue weighted by Crippen LogP contribution is 2.19. The summed E-state index contributed by atoms with van der Waals surface area (Å²) in [5.74, 6) is -1.34. The van der Waals surface area contributed by atoms with Crippen molar-refractivity contribution in [3.8, 4) is 5.69 Å². The van der Waals surface area contributed by atoms with Crippen LogP contribution >= 0.6 is 0 Å². The number of rotatable bonds is 6. The molecular formula is C22H26N4O4. The summed E-state index contributed by atoms with van der Waals surface area (Å²) in [5.41, 5.74) is 3.37. The Balaban J connectivity index is 1.50. The first kappa shape index (κ1) is 21.3. The van der Waals surface area contributed by atoms with Crippen LogP contribution in [0.1, 0.15) is 42.6 Å². The summed E-state index contributed by atoms with van der Waals surface area (Å²) in [5, 5.41) is 9.42. The van der Waals surface area contributed by atoms with Gasteiger partial charge < -0.3 is 10.1 Å². The lowest BCUT2D eigenvalue weighted by molar-refractivity contribution is -0.143. The van der Waals surface area contributed by atoms with Gasteiger partial charge in [-0.1, -0.05) is 31.0 Å². The third-order valence-electron chi connectivity index (χ3n) is 5.02. The molecule has 2 aromatic rings. The second kappa shape index (κ2) is 9.87. The van der Waals surface area contributed by atoms with Crippen molar-refractivity contribution < 1.29 is 19.1 Å². The molecule has 1 aromatic heterocycles. The fourth-order valence-corrected chi connectivity index (χ4v) is 3.51. The van der Waals surface area contributed by atoms with Crippen molar-refractivity contribution in [1.82, 2.24) is 20.4 Å². The van der Waals surface area contributed by atoms with Gasteiger partial charge in [0.2, 0.25) is 0 Å². The molecule has 0 saturated heterocycles. The monoisotopic (exact) mass is 410 g/mol. The molecule has 1 aliphatic carbocycles. The zero-order valence-corrected chi connectivity index (χ0v) is 17.2. The number of hydrogen-bond donors (Lipinski definition) is 2. The van der Waals surface area contributed by atoms with Crippen LogP contribution < -0.4 is 10.6 Å². The molecule has 0 bridgehead atoms. The molecule has 1 heterocycles. The number of urea groups is 1. The predicted molar refractivity (Wildman–Crippen MR) is 112 cm³/mol. The molecule has 3 amide bonds. The molecule has 3 rings (SSSR count). The Morgan fingerprint density at radius 3 is 2.57 bits per heavy atom. The van der Waals surface area contributed by atoms with E-state index in [-0.39, 0.29) is 6.04 Å². The lowest BCUT2D eigenvalue weighted by Crippen LogP contribution is -2.44. The van der Waals surface area contributed by atoms with Crippen molar-refractivity contribution in [3.63, 3.8) is 0 Å². The number of aromatic nitrogens is 2. The number of nitrogens with one attached hydrogen (secondary N) is 2. The van der Waals surface area contributed by atoms with Crippen molar-refractivity contribution in [3.05, 3.63) is 53.4 Å². The molecule has 0 unspecified atom stereocenters. The number of carbonyl (C=O) groups excluding carboxylic acids is 3. The SMILES string of the molecule is Cc1nn(-c2ccccc2)c(C)c1/C=C/C(=O)OCC(=O)NC(=O)NC1CCCC1. The maximum absolute atomic E-state index is 12.0. The third-order valence-corrected chi connectivity index (χ3v) is 5.02. The number of nitrogens with zero attached hydrogens (tertiary/aromatic N) is 2. The van der Waals surface area contributed by atoms with E-state index >= 15 is 0 Å². The number of benzene rings is 1. The minimum atomic E-state index is -0.674. The molecule has 158 valence electrons. The molecule has 0 atom stereocenters. The Kier molecular flexibility index (Phi) is 7.00. The van der Waals surface area contributed by atoms with Crippen LogP contribution in [0.15, 0.2) is 36.4 Å². The van der Waals surface area contributed by atoms with Crippen molar-refractivity contribution in [1.29, 1.82) is 0 Å². The van der Waals surface area contributed by atoms with Gasteiger partial charge >= 0.3 is 12.0 Å². The lowest BCUT2D eigenvalue weighted by atomic mass is 10.2. The average Bonchev–Trinajstić information content (AvgIpc) is 3.33. The zero-order chi connectivity index (χ0) is 21.5. The van der Waals surface area contributed by atoms with Gasteiger partial charge in [-0.15, -0.1) is 0 Å². The van der Waals surface area contributed by atoms with Crippen LogP contribution in [0, 0.1) is 13.8 Å². The van der Waals surface area contributed by atoms with E-state index in [1.165, 1.54) is 6.08 Å². The van der Waals surface area contributed by atoms with E-state index in [2.05, 4.69) is 15.7 Å². The van der Waals surface area contributed by atoms with Crippen molar-refractivity contribution in [2.24, 2.45) is 0 Å². The smallest absolute Gasteiger partial charge is 0.331 e. The predicted octanol–water partition coefficient (Wildman–Crippen LogP) is 2.81. The summed E-state index contributed by atoms with van der Waals surface area (Å²) in [4.78, 5) is 35.5. The molecule has 30 heavy (non-hydrogen) atoms. The van der Waals surface area contributed by atoms with Gasteiger partial charge in [0.15, 0.2) is 6.61 Å². The van der Waals surface area contributed by atoms with E-state index in [9.17, 15) is 14.4 Å². The van der Waals surface area contributed by atoms with Crippen LogP contribution in [-0.4, -0.2) is 40.3 Å². The highest BCUT2D eigenvalue weighted by atomic mass is 16.5. The van der Waals surface area contributed by atoms with Crippen molar-refractivity contribution >= 4 is 24.0 Å². The molecule has 0 spiro atoms. The molecular weight excluding hydrogens is 384 g/mol. The number of ether oxygens (including phenoxy) is 1. The summed E-state index contributed by atoms with van der Waals surface area (Å²) in [6, 6.07) is 9.23. The Labute approximate surface area is 175 Å². The molecule has 8 nitrogen and oxygen atoms in total. The number of hydrogen-bond acceptors (Lipinski definition) is 5. The maximum Gasteiger partial charge on any atom is 0.331 e. The van der Waals surface area contributed by atoms with Gasteiger partial charge in [0.1, 0.15) is 0 Å². The van der Waals surface area contributed by atoms with E-state index in [0.29, 0.717) is 0 Å². The van der Waals surface area contributed by atoms with Crippen LogP contribution in [0.2, 0.25) is 0 Å². The number of esters is 1. The molecule has 1 aliphatic rings. The van der Waals surface area contributed by atoms with Crippen LogP contribution in [0.4, 0.5) is 4.79 Å². The third kappa shape index (κ3) is 5.56. The maximum atomic E-state index is 12.0. The van der Waals surface area contributed by atoms with E-state index in [4.69, 9.17) is 4.74 Å². The zero-order valence-electron chi connectivity index (χ0n) is 17.2. The largest absolute Gasteiger partial charge is 0.452 e. The van der Waals surface area contributed by atoms with Gasteiger partial charge in [-0.3, -0.25) is 10.1 Å². The standard InChI is InChI=1S/C22H26N4O4/c1-15-19(16(2)26(25-15)18-10-4-3-5-11-18)12-13-21(28)30-14-20(27)24-22(29)23-17-8-6-7-9-17/h3-5,10-13,17H,6-9,14H2,1-2H3,(H2,23,24,27,29)/b13-12+. The van der Waals surface area contributed by atoms with E-state index in [1.54, 1.807) is 10.8 Å². The van der Waals surface area contributed by atoms with Gasteiger partial charge in [-0.05, 0) is 44.9 Å². The molecule has 1 aromatic carbocycles. The Morgan fingerprint density at radius 2 is 1.87 bits per heavy atom. The minimum absolute atomic E-state index is 0.103. The summed E-state index contributed by atoms with van der Waals surface area (Å²) in [6.45, 7) is 3.24. The van der Waals surface area contributed by atoms with E-state index in [0.717, 1.165) is 48.3 Å². The normalized spacial score (nSPS) is 14.1. The Morgan fingerprint density at radius 1 is 1.17 bits per heavy atom. The lowest BCUT2D eigenvalue weighted by Gasteiger charge is -2.12. The summed E-state index contributed by atoms with van der Waals surface area (Å²) < 4.78 is 6.72. The second-order valence-electron chi connectivity index (χ2n) is 7.28. The van der Waals surface area contributed by atoms with Crippen molar-refractivity contribution in [2.45, 2.75) is 45.6 Å². The van der Waals surface area contributed by atoms with Gasteiger partial charge in [-0.25, -0.2) is 14.3 Å². The van der Waals surface area contributed by atoms with Crippen LogP contribution in [0.5, 0.6) is 0 Å². The number of amides is 3. The van der Waals surface area contributed by atoms with Gasteiger partial charge in [-0.2, -0.15) is 5.10 Å². The highest BCUT2D eigenvalue weighted by molar-refractivity contribution is 5.96. The summed E-state index contributed by atoms with van der Waals surface area (Å²) >= 11 is 0. The van der Waals surface area contributed by atoms with E-state index in [1.807, 2.05) is 44.2 Å². The number of aryl methyl sites for hydroxylation is 1. The second-order valence-corrected chi connectivity index (χ2v) is 7.28. The van der Waals surface area contributed by atoms with Gasteiger partial charge in [0.05, 0.1) is 11.4 Å². The van der Waals surface area contributed by atoms with Gasteiger partial charge in [0, 0.05) is 23.4 Å². The number of imide groups is 1. The van der Waals surface area contributed by atoms with Crippen LogP contribution in [0.25, 0.3) is 11.8 Å². The molecule has 2 N–H and O–H groups in total. The molecule has 1 saturated carbocycles. The first-order chi connectivity index (χ1) is 14.4. The Bertz CT molecular complexity index is 944. The summed E-state index contributed by atoms with van der Waals surface area (Å²) in [6.07, 6.45) is 6.85. The van der Waals surface area contributed by atoms with Gasteiger partial charge in [0.25, 0.3) is 5.91 Å². The fraction of sp³-hybridized carbons (Fsp3) is 0.364.